The molecule has 10 heteroatoms. The number of nitrogens with zero attached hydrogens (tertiary/aromatic N) is 5. The van der Waals surface area contributed by atoms with Gasteiger partial charge in [-0.15, -0.1) is 5.10 Å². The van der Waals surface area contributed by atoms with Crippen LogP contribution in [0.3, 0.4) is 0 Å². The molecule has 0 fully saturated rings. The number of methoxy groups -OCH3 is 2. The van der Waals surface area contributed by atoms with Crippen LogP contribution in [-0.2, 0) is 19.5 Å². The largest absolute Gasteiger partial charge is 0.383 e. The van der Waals surface area contributed by atoms with E-state index in [1.54, 1.807) is 12.1 Å². The molecule has 0 spiro atoms. The SMILES string of the molecule is COCCN(CCOC)S(=O)(=O)c1cccc(-n2cnnn2)c1. The predicted molar refractivity (Wildman–Crippen MR) is 81.7 cm³/mol. The Morgan fingerprint density at radius 2 is 1.87 bits per heavy atom. The third-order valence-electron chi connectivity index (χ3n) is 3.16. The van der Waals surface area contributed by atoms with Crippen LogP contribution >= 0.6 is 0 Å². The Kier molecular flexibility index (Phi) is 6.16. The summed E-state index contributed by atoms with van der Waals surface area (Å²) < 4.78 is 38.3. The number of ether oxygens (including phenoxy) is 2. The highest BCUT2D eigenvalue weighted by molar-refractivity contribution is 7.89. The van der Waals surface area contributed by atoms with Gasteiger partial charge in [-0.05, 0) is 28.6 Å². The topological polar surface area (TPSA) is 99.4 Å². The summed E-state index contributed by atoms with van der Waals surface area (Å²) in [5.74, 6) is 0. The Morgan fingerprint density at radius 1 is 1.17 bits per heavy atom. The van der Waals surface area contributed by atoms with Crippen LogP contribution in [0.5, 0.6) is 0 Å². The van der Waals surface area contributed by atoms with Gasteiger partial charge in [0, 0.05) is 27.3 Å². The van der Waals surface area contributed by atoms with Crippen LogP contribution in [0.1, 0.15) is 0 Å². The van der Waals surface area contributed by atoms with Crippen LogP contribution in [0.15, 0.2) is 35.5 Å². The molecule has 0 unspecified atom stereocenters. The first-order chi connectivity index (χ1) is 11.1. The van der Waals surface area contributed by atoms with Gasteiger partial charge in [0.2, 0.25) is 10.0 Å². The van der Waals surface area contributed by atoms with Gasteiger partial charge in [0.05, 0.1) is 23.8 Å². The molecule has 1 heterocycles. The first-order valence-corrected chi connectivity index (χ1v) is 8.35. The summed E-state index contributed by atoms with van der Waals surface area (Å²) in [5.41, 5.74) is 0.564. The number of rotatable bonds is 9. The molecule has 0 atom stereocenters. The molecular formula is C13H19N5O4S. The monoisotopic (exact) mass is 341 g/mol. The average Bonchev–Trinajstić information content (AvgIpc) is 3.09. The lowest BCUT2D eigenvalue weighted by Gasteiger charge is -2.21. The second kappa shape index (κ2) is 8.11. The number of benzene rings is 1. The first-order valence-electron chi connectivity index (χ1n) is 6.91. The van der Waals surface area contributed by atoms with Gasteiger partial charge in [0.1, 0.15) is 6.33 Å². The van der Waals surface area contributed by atoms with E-state index < -0.39 is 10.0 Å². The van der Waals surface area contributed by atoms with Gasteiger partial charge in [-0.1, -0.05) is 6.07 Å². The van der Waals surface area contributed by atoms with E-state index in [0.29, 0.717) is 18.9 Å². The first kappa shape index (κ1) is 17.5. The Balaban J connectivity index is 2.30. The molecule has 9 nitrogen and oxygen atoms in total. The van der Waals surface area contributed by atoms with E-state index in [4.69, 9.17) is 9.47 Å². The number of aromatic nitrogens is 4. The summed E-state index contributed by atoms with van der Waals surface area (Å²) in [4.78, 5) is 0.165. The van der Waals surface area contributed by atoms with Crippen molar-refractivity contribution in [2.24, 2.45) is 0 Å². The fourth-order valence-corrected chi connectivity index (χ4v) is 3.40. The van der Waals surface area contributed by atoms with E-state index in [2.05, 4.69) is 15.5 Å². The highest BCUT2D eigenvalue weighted by Gasteiger charge is 2.24. The number of sulfonamides is 1. The fraction of sp³-hybridized carbons (Fsp3) is 0.462. The maximum Gasteiger partial charge on any atom is 0.243 e. The van der Waals surface area contributed by atoms with Crippen molar-refractivity contribution in [1.29, 1.82) is 0 Å². The molecule has 2 aromatic rings. The normalized spacial score (nSPS) is 12.0. The summed E-state index contributed by atoms with van der Waals surface area (Å²) in [7, 11) is -0.613. The Labute approximate surface area is 134 Å². The maximum atomic E-state index is 12.8. The highest BCUT2D eigenvalue weighted by atomic mass is 32.2. The summed E-state index contributed by atoms with van der Waals surface area (Å²) >= 11 is 0. The molecule has 126 valence electrons. The summed E-state index contributed by atoms with van der Waals surface area (Å²) in [5, 5.41) is 10.9. The molecule has 0 aliphatic rings. The van der Waals surface area contributed by atoms with Crippen molar-refractivity contribution >= 4 is 10.0 Å². The second-order valence-corrected chi connectivity index (χ2v) is 6.58. The zero-order valence-corrected chi connectivity index (χ0v) is 13.8. The van der Waals surface area contributed by atoms with Crippen LogP contribution in [0, 0.1) is 0 Å². The molecule has 1 aromatic heterocycles. The van der Waals surface area contributed by atoms with Crippen molar-refractivity contribution in [2.45, 2.75) is 4.90 Å². The van der Waals surface area contributed by atoms with Gasteiger partial charge in [-0.3, -0.25) is 0 Å². The van der Waals surface area contributed by atoms with Gasteiger partial charge in [0.25, 0.3) is 0 Å². The molecule has 0 bridgehead atoms. The minimum atomic E-state index is -3.67. The minimum Gasteiger partial charge on any atom is -0.383 e. The lowest BCUT2D eigenvalue weighted by molar-refractivity contribution is 0.150. The quantitative estimate of drug-likeness (QED) is 0.630. The van der Waals surface area contributed by atoms with E-state index in [0.717, 1.165) is 0 Å². The van der Waals surface area contributed by atoms with Crippen LogP contribution in [-0.4, -0.2) is 73.5 Å². The highest BCUT2D eigenvalue weighted by Crippen LogP contribution is 2.18. The van der Waals surface area contributed by atoms with E-state index in [1.165, 1.54) is 41.7 Å². The lowest BCUT2D eigenvalue weighted by Crippen LogP contribution is -2.36. The van der Waals surface area contributed by atoms with Crippen molar-refractivity contribution in [2.75, 3.05) is 40.5 Å². The number of tetrazole rings is 1. The van der Waals surface area contributed by atoms with Crippen molar-refractivity contribution in [3.63, 3.8) is 0 Å². The molecule has 0 radical (unpaired) electrons. The summed E-state index contributed by atoms with van der Waals surface area (Å²) in [6.45, 7) is 1.10. The van der Waals surface area contributed by atoms with Gasteiger partial charge in [0.15, 0.2) is 0 Å². The average molecular weight is 341 g/mol. The maximum absolute atomic E-state index is 12.8. The van der Waals surface area contributed by atoms with Gasteiger partial charge >= 0.3 is 0 Å². The van der Waals surface area contributed by atoms with E-state index in [-0.39, 0.29) is 18.0 Å². The zero-order chi connectivity index (χ0) is 16.7. The fourth-order valence-electron chi connectivity index (χ4n) is 1.95. The van der Waals surface area contributed by atoms with Crippen molar-refractivity contribution in [3.05, 3.63) is 30.6 Å². The molecular weight excluding hydrogens is 322 g/mol. The molecule has 0 saturated carbocycles. The van der Waals surface area contributed by atoms with Crippen LogP contribution in [0.2, 0.25) is 0 Å². The van der Waals surface area contributed by atoms with E-state index in [9.17, 15) is 8.42 Å². The standard InChI is InChI=1S/C13H19N5O4S/c1-21-8-6-17(7-9-22-2)23(19,20)13-5-3-4-12(10-13)18-11-14-15-16-18/h3-5,10-11H,6-9H2,1-2H3. The molecule has 2 rings (SSSR count). The Hall–Kier alpha value is -1.88. The molecule has 0 aliphatic heterocycles. The van der Waals surface area contributed by atoms with Crippen molar-refractivity contribution in [3.8, 4) is 5.69 Å². The third-order valence-corrected chi connectivity index (χ3v) is 5.05. The summed E-state index contributed by atoms with van der Waals surface area (Å²) in [6.07, 6.45) is 1.40. The zero-order valence-electron chi connectivity index (χ0n) is 13.0. The second-order valence-electron chi connectivity index (χ2n) is 4.64. The van der Waals surface area contributed by atoms with Gasteiger partial charge < -0.3 is 9.47 Å². The van der Waals surface area contributed by atoms with Crippen LogP contribution in [0.25, 0.3) is 5.69 Å². The van der Waals surface area contributed by atoms with E-state index >= 15 is 0 Å². The molecule has 23 heavy (non-hydrogen) atoms. The Morgan fingerprint density at radius 3 is 2.43 bits per heavy atom. The number of hydrogen-bond acceptors (Lipinski definition) is 7. The van der Waals surface area contributed by atoms with E-state index in [1.807, 2.05) is 0 Å². The van der Waals surface area contributed by atoms with Crippen LogP contribution in [0.4, 0.5) is 0 Å². The lowest BCUT2D eigenvalue weighted by atomic mass is 10.3. The molecule has 0 amide bonds. The van der Waals surface area contributed by atoms with Gasteiger partial charge in [-0.2, -0.15) is 4.31 Å². The summed E-state index contributed by atoms with van der Waals surface area (Å²) in [6, 6.07) is 6.44. The molecule has 0 aliphatic carbocycles. The smallest absolute Gasteiger partial charge is 0.243 e. The molecule has 1 aromatic carbocycles. The number of hydrogen-bond donors (Lipinski definition) is 0. The van der Waals surface area contributed by atoms with Gasteiger partial charge in [-0.25, -0.2) is 13.1 Å². The van der Waals surface area contributed by atoms with Crippen molar-refractivity contribution < 1.29 is 17.9 Å². The minimum absolute atomic E-state index is 0.165. The Bertz CT molecular complexity index is 697. The molecule has 0 saturated heterocycles. The van der Waals surface area contributed by atoms with Crippen LogP contribution < -0.4 is 0 Å². The van der Waals surface area contributed by atoms with Crippen molar-refractivity contribution in [1.82, 2.24) is 24.5 Å². The molecule has 0 N–H and O–H groups in total. The predicted octanol–water partition coefficient (Wildman–Crippen LogP) is -0.0542. The third kappa shape index (κ3) is 4.32.